The van der Waals surface area contributed by atoms with Crippen LogP contribution in [-0.2, 0) is 4.79 Å². The molecule has 0 saturated heterocycles. The van der Waals surface area contributed by atoms with Crippen molar-refractivity contribution in [2.75, 3.05) is 0 Å². The molecule has 0 spiro atoms. The smallest absolute Gasteiger partial charge is 0.321 e. The van der Waals surface area contributed by atoms with Crippen LogP contribution < -0.4 is 11.5 Å². The number of carbonyl (C=O) groups is 1. The summed E-state index contributed by atoms with van der Waals surface area (Å²) in [5, 5.41) is 7.10. The molecule has 0 aliphatic carbocycles. The van der Waals surface area contributed by atoms with E-state index in [4.69, 9.17) is 28.2 Å². The third kappa shape index (κ3) is 16.3. The fourth-order valence-corrected chi connectivity index (χ4v) is 0.333. The van der Waals surface area contributed by atoms with Crippen molar-refractivity contribution in [1.82, 2.24) is 0 Å². The predicted octanol–water partition coefficient (Wildman–Crippen LogP) is 0.728. The van der Waals surface area contributed by atoms with Crippen LogP contribution in [0.1, 0.15) is 26.7 Å². The molecule has 0 heterocycles. The summed E-state index contributed by atoms with van der Waals surface area (Å²) in [6.45, 7) is 3.47. The molecular weight excluding hydrogens is 180 g/mol. The second kappa shape index (κ2) is 8.77. The first kappa shape index (κ1) is 14.2. The Morgan fingerprint density at radius 1 is 1.58 bits per heavy atom. The van der Waals surface area contributed by atoms with E-state index in [-0.39, 0.29) is 6.17 Å². The van der Waals surface area contributed by atoms with Gasteiger partial charge in [0.1, 0.15) is 5.38 Å². The van der Waals surface area contributed by atoms with Crippen molar-refractivity contribution in [3.05, 3.63) is 0 Å². The summed E-state index contributed by atoms with van der Waals surface area (Å²) in [5.41, 5.74) is 10.4. The third-order valence-electron chi connectivity index (χ3n) is 0.962. The summed E-state index contributed by atoms with van der Waals surface area (Å²) in [4.78, 5) is 9.57. The van der Waals surface area contributed by atoms with Crippen molar-refractivity contribution in [2.45, 2.75) is 38.2 Å². The summed E-state index contributed by atoms with van der Waals surface area (Å²) in [7, 11) is 0. The van der Waals surface area contributed by atoms with Crippen LogP contribution in [-0.4, -0.2) is 22.6 Å². The number of aliphatic carboxylic acids is 1. The Labute approximate surface area is 77.9 Å². The lowest BCUT2D eigenvalue weighted by molar-refractivity contribution is -0.136. The summed E-state index contributed by atoms with van der Waals surface area (Å²) in [5.74, 6) is -0.975. The maximum absolute atomic E-state index is 9.57. The van der Waals surface area contributed by atoms with Crippen LogP contribution in [0.3, 0.4) is 0 Å². The summed E-state index contributed by atoms with van der Waals surface area (Å²) in [6.07, 6.45) is 1.91. The molecule has 0 aromatic rings. The van der Waals surface area contributed by atoms with Gasteiger partial charge in [-0.05, 0) is 13.3 Å². The van der Waals surface area contributed by atoms with Crippen LogP contribution >= 0.6 is 11.6 Å². The number of rotatable bonds is 3. The molecule has 12 heavy (non-hydrogen) atoms. The molecule has 4 nitrogen and oxygen atoms in total. The largest absolute Gasteiger partial charge is 0.480 e. The normalized spacial score (nSPS) is 11.8. The average molecular weight is 197 g/mol. The first-order valence-electron chi connectivity index (χ1n) is 3.79. The van der Waals surface area contributed by atoms with Crippen LogP contribution in [0.2, 0.25) is 0 Å². The van der Waals surface area contributed by atoms with Gasteiger partial charge in [0, 0.05) is 0 Å². The van der Waals surface area contributed by atoms with E-state index in [0.29, 0.717) is 0 Å². The molecule has 0 bridgehead atoms. The van der Waals surface area contributed by atoms with Crippen LogP contribution in [0.15, 0.2) is 0 Å². The lowest BCUT2D eigenvalue weighted by Crippen LogP contribution is -2.29. The van der Waals surface area contributed by atoms with Crippen molar-refractivity contribution in [3.63, 3.8) is 0 Å². The zero-order valence-electron chi connectivity index (χ0n) is 7.46. The highest BCUT2D eigenvalue weighted by Gasteiger charge is 2.02. The minimum absolute atomic E-state index is 0.102. The Hall–Kier alpha value is -0.320. The maximum atomic E-state index is 9.57. The van der Waals surface area contributed by atoms with Crippen LogP contribution in [0.5, 0.6) is 0 Å². The number of nitrogens with two attached hydrogens (primary N) is 2. The number of hydrogen-bond donors (Lipinski definition) is 3. The van der Waals surface area contributed by atoms with E-state index in [0.717, 1.165) is 12.8 Å². The van der Waals surface area contributed by atoms with Gasteiger partial charge in [-0.25, -0.2) is 0 Å². The zero-order valence-corrected chi connectivity index (χ0v) is 8.21. The van der Waals surface area contributed by atoms with Crippen LogP contribution in [0, 0.1) is 0 Å². The highest BCUT2D eigenvalue weighted by atomic mass is 35.5. The Kier molecular flexibility index (Phi) is 10.4. The van der Waals surface area contributed by atoms with Gasteiger partial charge >= 0.3 is 5.97 Å². The Morgan fingerprint density at radius 3 is 1.92 bits per heavy atom. The quantitative estimate of drug-likeness (QED) is 0.459. The van der Waals surface area contributed by atoms with Crippen molar-refractivity contribution in [2.24, 2.45) is 11.5 Å². The van der Waals surface area contributed by atoms with E-state index in [1.165, 1.54) is 6.92 Å². The number of halogens is 1. The van der Waals surface area contributed by atoms with Crippen LogP contribution in [0.25, 0.3) is 0 Å². The molecule has 0 amide bonds. The van der Waals surface area contributed by atoms with E-state index in [1.54, 1.807) is 0 Å². The lowest BCUT2D eigenvalue weighted by atomic mass is 10.3. The molecular formula is C7H17ClN2O2. The molecule has 0 fully saturated rings. The molecule has 5 heteroatoms. The van der Waals surface area contributed by atoms with Crippen molar-refractivity contribution in [1.29, 1.82) is 0 Å². The van der Waals surface area contributed by atoms with Gasteiger partial charge in [0.25, 0.3) is 0 Å². The molecule has 5 N–H and O–H groups in total. The molecule has 0 saturated carbocycles. The van der Waals surface area contributed by atoms with Gasteiger partial charge in [-0.3, -0.25) is 4.79 Å². The van der Waals surface area contributed by atoms with Crippen molar-refractivity contribution in [3.8, 4) is 0 Å². The monoisotopic (exact) mass is 196 g/mol. The molecule has 0 rings (SSSR count). The topological polar surface area (TPSA) is 89.3 Å². The Morgan fingerprint density at radius 2 is 1.92 bits per heavy atom. The van der Waals surface area contributed by atoms with Gasteiger partial charge in [0.05, 0.1) is 6.17 Å². The molecule has 1 unspecified atom stereocenters. The Bertz CT molecular complexity index is 118. The molecule has 0 aliphatic heterocycles. The van der Waals surface area contributed by atoms with Gasteiger partial charge < -0.3 is 16.6 Å². The number of carboxylic acids is 1. The van der Waals surface area contributed by atoms with Gasteiger partial charge in [-0.1, -0.05) is 13.3 Å². The second-order valence-electron chi connectivity index (χ2n) is 2.41. The highest BCUT2D eigenvalue weighted by Crippen LogP contribution is 1.89. The highest BCUT2D eigenvalue weighted by molar-refractivity contribution is 6.29. The van der Waals surface area contributed by atoms with E-state index in [9.17, 15) is 4.79 Å². The van der Waals surface area contributed by atoms with Crippen molar-refractivity contribution < 1.29 is 9.90 Å². The average Bonchev–Trinajstić information content (AvgIpc) is 1.87. The molecule has 0 aliphatic rings. The van der Waals surface area contributed by atoms with Crippen LogP contribution in [0.4, 0.5) is 0 Å². The third-order valence-corrected chi connectivity index (χ3v) is 1.15. The SMILES string of the molecule is CC(Cl)C(=O)O.CCCC(N)N. The molecule has 1 atom stereocenters. The standard InChI is InChI=1S/C4H12N2.C3H5ClO2/c1-2-3-4(5)6;1-2(4)3(5)6/h4H,2-3,5-6H2,1H3;2H,1H3,(H,5,6). The summed E-state index contributed by atoms with van der Waals surface area (Å²) in [6, 6.07) is 0. The molecule has 0 aromatic heterocycles. The molecule has 0 aromatic carbocycles. The van der Waals surface area contributed by atoms with E-state index in [2.05, 4.69) is 6.92 Å². The van der Waals surface area contributed by atoms with Gasteiger partial charge in [-0.2, -0.15) is 0 Å². The summed E-state index contributed by atoms with van der Waals surface area (Å²) < 4.78 is 0. The fraction of sp³-hybridized carbons (Fsp3) is 0.857. The molecule has 0 radical (unpaired) electrons. The van der Waals surface area contributed by atoms with Gasteiger partial charge in [0.15, 0.2) is 0 Å². The predicted molar refractivity (Wildman–Crippen MR) is 50.0 cm³/mol. The van der Waals surface area contributed by atoms with E-state index < -0.39 is 11.3 Å². The first-order chi connectivity index (χ1) is 5.41. The van der Waals surface area contributed by atoms with Gasteiger partial charge in [-0.15, -0.1) is 11.6 Å². The minimum Gasteiger partial charge on any atom is -0.480 e. The van der Waals surface area contributed by atoms with Crippen molar-refractivity contribution >= 4 is 17.6 Å². The van der Waals surface area contributed by atoms with E-state index in [1.807, 2.05) is 0 Å². The summed E-state index contributed by atoms with van der Waals surface area (Å²) >= 11 is 5.01. The first-order valence-corrected chi connectivity index (χ1v) is 4.23. The minimum atomic E-state index is -0.975. The number of carboxylic acid groups (broad SMARTS) is 1. The lowest BCUT2D eigenvalue weighted by Gasteiger charge is -1.97. The zero-order chi connectivity index (χ0) is 10.1. The van der Waals surface area contributed by atoms with E-state index >= 15 is 0 Å². The molecule has 74 valence electrons. The fourth-order valence-electron chi connectivity index (χ4n) is 0.333. The van der Waals surface area contributed by atoms with Gasteiger partial charge in [0.2, 0.25) is 0 Å². The number of hydrogen-bond acceptors (Lipinski definition) is 3. The second-order valence-corrected chi connectivity index (χ2v) is 3.06. The Balaban J connectivity index is 0. The number of alkyl halides is 1. The maximum Gasteiger partial charge on any atom is 0.321 e.